The first kappa shape index (κ1) is 22.6. The third-order valence-electron chi connectivity index (χ3n) is 3.83. The van der Waals surface area contributed by atoms with Crippen molar-refractivity contribution < 1.29 is 4.79 Å². The molecule has 2 rings (SSSR count). The monoisotopic (exact) mass is 375 g/mol. The lowest BCUT2D eigenvalue weighted by Gasteiger charge is -2.12. The van der Waals surface area contributed by atoms with E-state index in [-0.39, 0.29) is 42.8 Å². The summed E-state index contributed by atoms with van der Waals surface area (Å²) in [4.78, 5) is 17.0. The van der Waals surface area contributed by atoms with E-state index in [1.165, 1.54) is 0 Å². The average Bonchev–Trinajstić information content (AvgIpc) is 2.88. The zero-order chi connectivity index (χ0) is 16.3. The standard InChI is InChI=1S/C16H25N5O.2ClH/c1-5-12(4)21-15-14(9-19-21)13(8-11(3)20-15)16(22)18-7-6-10(2)17;;/h8-10,12H,5-7,17H2,1-4H3,(H,18,22);2*1H. The van der Waals surface area contributed by atoms with Crippen molar-refractivity contribution in [3.63, 3.8) is 0 Å². The summed E-state index contributed by atoms with van der Waals surface area (Å²) in [5.74, 6) is -0.0974. The van der Waals surface area contributed by atoms with Gasteiger partial charge in [0.1, 0.15) is 0 Å². The average molecular weight is 376 g/mol. The molecule has 6 nitrogen and oxygen atoms in total. The number of rotatable bonds is 6. The molecular formula is C16H27Cl2N5O. The van der Waals surface area contributed by atoms with E-state index in [9.17, 15) is 4.79 Å². The van der Waals surface area contributed by atoms with Crippen LogP contribution in [-0.4, -0.2) is 33.3 Å². The van der Waals surface area contributed by atoms with Crippen molar-refractivity contribution in [1.82, 2.24) is 20.1 Å². The second-order valence-corrected chi connectivity index (χ2v) is 5.92. The number of pyridine rings is 1. The van der Waals surface area contributed by atoms with Crippen molar-refractivity contribution in [2.24, 2.45) is 5.73 Å². The van der Waals surface area contributed by atoms with E-state index in [0.29, 0.717) is 12.1 Å². The van der Waals surface area contributed by atoms with Crippen LogP contribution in [-0.2, 0) is 0 Å². The van der Waals surface area contributed by atoms with Gasteiger partial charge in [-0.25, -0.2) is 9.67 Å². The van der Waals surface area contributed by atoms with Gasteiger partial charge in [0.15, 0.2) is 5.65 Å². The van der Waals surface area contributed by atoms with Crippen molar-refractivity contribution in [3.05, 3.63) is 23.5 Å². The number of amides is 1. The Morgan fingerprint density at radius 2 is 2.04 bits per heavy atom. The molecule has 0 saturated carbocycles. The number of halogens is 2. The maximum absolute atomic E-state index is 12.4. The van der Waals surface area contributed by atoms with Crippen molar-refractivity contribution in [2.45, 2.75) is 52.6 Å². The first-order chi connectivity index (χ1) is 10.4. The summed E-state index contributed by atoms with van der Waals surface area (Å²) in [5.41, 5.74) is 7.92. The molecule has 0 bridgehead atoms. The fraction of sp³-hybridized carbons (Fsp3) is 0.562. The molecule has 2 heterocycles. The van der Waals surface area contributed by atoms with Gasteiger partial charge in [0.05, 0.1) is 23.2 Å². The Kier molecular flexibility index (Phi) is 9.25. The van der Waals surface area contributed by atoms with Crippen LogP contribution < -0.4 is 11.1 Å². The SMILES string of the molecule is CCC(C)n1ncc2c(C(=O)NCCC(C)N)cc(C)nc21.Cl.Cl. The molecule has 0 aliphatic carbocycles. The van der Waals surface area contributed by atoms with Crippen molar-refractivity contribution in [3.8, 4) is 0 Å². The van der Waals surface area contributed by atoms with Crippen LogP contribution in [0.25, 0.3) is 11.0 Å². The van der Waals surface area contributed by atoms with Gasteiger partial charge in [-0.15, -0.1) is 24.8 Å². The van der Waals surface area contributed by atoms with Crippen LogP contribution in [0.5, 0.6) is 0 Å². The zero-order valence-electron chi connectivity index (χ0n) is 14.6. The smallest absolute Gasteiger partial charge is 0.252 e. The summed E-state index contributed by atoms with van der Waals surface area (Å²) in [5, 5.41) is 8.13. The highest BCUT2D eigenvalue weighted by atomic mass is 35.5. The lowest BCUT2D eigenvalue weighted by atomic mass is 10.1. The molecule has 0 aliphatic rings. The number of fused-ring (bicyclic) bond motifs is 1. The van der Waals surface area contributed by atoms with Gasteiger partial charge in [0.2, 0.25) is 0 Å². The number of aromatic nitrogens is 3. The fourth-order valence-electron chi connectivity index (χ4n) is 2.34. The molecular weight excluding hydrogens is 349 g/mol. The fourth-order valence-corrected chi connectivity index (χ4v) is 2.34. The van der Waals surface area contributed by atoms with Crippen LogP contribution >= 0.6 is 24.8 Å². The van der Waals surface area contributed by atoms with Crippen molar-refractivity contribution >= 4 is 41.8 Å². The topological polar surface area (TPSA) is 85.8 Å². The summed E-state index contributed by atoms with van der Waals surface area (Å²) in [6, 6.07) is 2.14. The molecule has 3 N–H and O–H groups in total. The van der Waals surface area contributed by atoms with Gasteiger partial charge >= 0.3 is 0 Å². The van der Waals surface area contributed by atoms with E-state index >= 15 is 0 Å². The molecule has 0 aromatic carbocycles. The highest BCUT2D eigenvalue weighted by molar-refractivity contribution is 6.05. The van der Waals surface area contributed by atoms with Gasteiger partial charge < -0.3 is 11.1 Å². The van der Waals surface area contributed by atoms with Crippen molar-refractivity contribution in [1.29, 1.82) is 0 Å². The summed E-state index contributed by atoms with van der Waals surface area (Å²) in [6.45, 7) is 8.59. The molecule has 2 aromatic heterocycles. The molecule has 0 radical (unpaired) electrons. The number of nitrogens with one attached hydrogen (secondary N) is 1. The van der Waals surface area contributed by atoms with E-state index in [1.54, 1.807) is 6.20 Å². The number of hydrogen-bond acceptors (Lipinski definition) is 4. The first-order valence-electron chi connectivity index (χ1n) is 7.82. The Hall–Kier alpha value is -1.37. The number of hydrogen-bond donors (Lipinski definition) is 2. The van der Waals surface area contributed by atoms with E-state index in [1.807, 2.05) is 24.6 Å². The molecule has 2 unspecified atom stereocenters. The number of nitrogens with two attached hydrogens (primary N) is 1. The van der Waals surface area contributed by atoms with Gasteiger partial charge in [-0.3, -0.25) is 4.79 Å². The van der Waals surface area contributed by atoms with Crippen LogP contribution in [0.15, 0.2) is 12.3 Å². The molecule has 136 valence electrons. The van der Waals surface area contributed by atoms with E-state index in [2.05, 4.69) is 29.2 Å². The Labute approximate surface area is 155 Å². The third kappa shape index (κ3) is 5.06. The molecule has 0 aliphatic heterocycles. The molecule has 0 fully saturated rings. The van der Waals surface area contributed by atoms with Crippen LogP contribution in [0.2, 0.25) is 0 Å². The predicted octanol–water partition coefficient (Wildman–Crippen LogP) is 3.02. The maximum Gasteiger partial charge on any atom is 0.252 e. The molecule has 0 saturated heterocycles. The molecule has 0 spiro atoms. The number of nitrogens with zero attached hydrogens (tertiary/aromatic N) is 3. The minimum absolute atomic E-state index is 0. The van der Waals surface area contributed by atoms with Gasteiger partial charge in [0.25, 0.3) is 5.91 Å². The molecule has 8 heteroatoms. The second-order valence-electron chi connectivity index (χ2n) is 5.92. The van der Waals surface area contributed by atoms with Crippen LogP contribution in [0, 0.1) is 6.92 Å². The quantitative estimate of drug-likeness (QED) is 0.812. The summed E-state index contributed by atoms with van der Waals surface area (Å²) in [7, 11) is 0. The van der Waals surface area contributed by atoms with Gasteiger partial charge in [-0.1, -0.05) is 6.92 Å². The molecule has 24 heavy (non-hydrogen) atoms. The van der Waals surface area contributed by atoms with Crippen LogP contribution in [0.4, 0.5) is 0 Å². The Bertz CT molecular complexity index is 672. The largest absolute Gasteiger partial charge is 0.352 e. The maximum atomic E-state index is 12.4. The van der Waals surface area contributed by atoms with E-state index in [0.717, 1.165) is 29.6 Å². The highest BCUT2D eigenvalue weighted by Crippen LogP contribution is 2.22. The summed E-state index contributed by atoms with van der Waals surface area (Å²) in [6.07, 6.45) is 3.45. The molecule has 2 atom stereocenters. The zero-order valence-corrected chi connectivity index (χ0v) is 16.2. The van der Waals surface area contributed by atoms with E-state index < -0.39 is 0 Å². The summed E-state index contributed by atoms with van der Waals surface area (Å²) >= 11 is 0. The van der Waals surface area contributed by atoms with Gasteiger partial charge in [-0.05, 0) is 39.7 Å². The van der Waals surface area contributed by atoms with Crippen molar-refractivity contribution in [2.75, 3.05) is 6.54 Å². The Morgan fingerprint density at radius 3 is 2.62 bits per heavy atom. The number of carbonyl (C=O) groups excluding carboxylic acids is 1. The number of aryl methyl sites for hydroxylation is 1. The number of carbonyl (C=O) groups is 1. The minimum Gasteiger partial charge on any atom is -0.352 e. The Balaban J connectivity index is 0.00000264. The van der Waals surface area contributed by atoms with Gasteiger partial charge in [-0.2, -0.15) is 5.10 Å². The third-order valence-corrected chi connectivity index (χ3v) is 3.83. The molecule has 2 aromatic rings. The van der Waals surface area contributed by atoms with Crippen LogP contribution in [0.1, 0.15) is 55.7 Å². The highest BCUT2D eigenvalue weighted by Gasteiger charge is 2.17. The molecule has 1 amide bonds. The first-order valence-corrected chi connectivity index (χ1v) is 7.82. The summed E-state index contributed by atoms with van der Waals surface area (Å²) < 4.78 is 1.89. The normalized spacial score (nSPS) is 12.9. The minimum atomic E-state index is -0.0974. The predicted molar refractivity (Wildman–Crippen MR) is 102 cm³/mol. The van der Waals surface area contributed by atoms with E-state index in [4.69, 9.17) is 5.73 Å². The van der Waals surface area contributed by atoms with Gasteiger partial charge in [0, 0.05) is 18.3 Å². The Morgan fingerprint density at radius 1 is 1.38 bits per heavy atom. The lowest BCUT2D eigenvalue weighted by molar-refractivity contribution is 0.0954. The van der Waals surface area contributed by atoms with Crippen LogP contribution in [0.3, 0.4) is 0 Å². The lowest BCUT2D eigenvalue weighted by Crippen LogP contribution is -2.29. The second kappa shape index (κ2) is 9.81.